The molecule has 0 fully saturated rings. The second-order valence-electron chi connectivity index (χ2n) is 3.55. The fourth-order valence-corrected chi connectivity index (χ4v) is 1.30. The van der Waals surface area contributed by atoms with E-state index in [9.17, 15) is 4.79 Å². The van der Waals surface area contributed by atoms with Crippen molar-refractivity contribution in [1.29, 1.82) is 0 Å². The second-order valence-corrected chi connectivity index (χ2v) is 3.55. The van der Waals surface area contributed by atoms with E-state index in [4.69, 9.17) is 5.73 Å². The quantitative estimate of drug-likeness (QED) is 0.814. The number of nitrogens with zero attached hydrogens (tertiary/aromatic N) is 2. The average molecular weight is 207 g/mol. The molecular weight excluding hydrogens is 190 g/mol. The molecule has 0 spiro atoms. The summed E-state index contributed by atoms with van der Waals surface area (Å²) >= 11 is 0. The summed E-state index contributed by atoms with van der Waals surface area (Å²) in [5, 5.41) is 0. The summed E-state index contributed by atoms with van der Waals surface area (Å²) in [6.45, 7) is 2.88. The Morgan fingerprint density at radius 1 is 1.60 bits per heavy atom. The first-order valence-electron chi connectivity index (χ1n) is 5.12. The summed E-state index contributed by atoms with van der Waals surface area (Å²) in [6.07, 6.45) is 3.65. The largest absolute Gasteiger partial charge is 0.384 e. The van der Waals surface area contributed by atoms with E-state index in [0.717, 1.165) is 19.4 Å². The van der Waals surface area contributed by atoms with Crippen LogP contribution in [0.15, 0.2) is 18.3 Å². The lowest BCUT2D eigenvalue weighted by Crippen LogP contribution is -2.27. The summed E-state index contributed by atoms with van der Waals surface area (Å²) in [6, 6.07) is 3.28. The number of aromatic nitrogens is 1. The number of carbonyl (C=O) groups excluding carboxylic acids is 1. The van der Waals surface area contributed by atoms with Gasteiger partial charge in [-0.1, -0.05) is 13.3 Å². The van der Waals surface area contributed by atoms with Gasteiger partial charge in [0.05, 0.1) is 0 Å². The molecule has 0 bridgehead atoms. The Bertz CT molecular complexity index is 338. The number of carbonyl (C=O) groups is 1. The van der Waals surface area contributed by atoms with Gasteiger partial charge in [-0.05, 0) is 18.6 Å². The number of rotatable bonds is 4. The molecule has 1 rings (SSSR count). The van der Waals surface area contributed by atoms with E-state index in [1.807, 2.05) is 0 Å². The predicted molar refractivity (Wildman–Crippen MR) is 60.5 cm³/mol. The number of pyridine rings is 1. The van der Waals surface area contributed by atoms with Crippen LogP contribution in [0.25, 0.3) is 0 Å². The van der Waals surface area contributed by atoms with Crippen molar-refractivity contribution in [3.63, 3.8) is 0 Å². The summed E-state index contributed by atoms with van der Waals surface area (Å²) in [5.74, 6) is 0.377. The molecule has 1 aromatic heterocycles. The molecule has 0 radical (unpaired) electrons. The third-order valence-electron chi connectivity index (χ3n) is 2.22. The highest BCUT2D eigenvalue weighted by Gasteiger charge is 2.10. The Labute approximate surface area is 90.1 Å². The number of hydrogen-bond acceptors (Lipinski definition) is 3. The van der Waals surface area contributed by atoms with Gasteiger partial charge in [-0.3, -0.25) is 4.79 Å². The summed E-state index contributed by atoms with van der Waals surface area (Å²) in [7, 11) is 1.80. The molecule has 82 valence electrons. The Balaban J connectivity index is 2.67. The molecule has 0 saturated heterocycles. The minimum atomic E-state index is -0.00227. The molecule has 0 aliphatic carbocycles. The lowest BCUT2D eigenvalue weighted by atomic mass is 10.2. The maximum absolute atomic E-state index is 11.8. The first-order valence-corrected chi connectivity index (χ1v) is 5.12. The van der Waals surface area contributed by atoms with E-state index in [2.05, 4.69) is 11.9 Å². The molecule has 0 atom stereocenters. The van der Waals surface area contributed by atoms with Crippen LogP contribution in [-0.2, 0) is 0 Å². The molecule has 0 aromatic carbocycles. The summed E-state index contributed by atoms with van der Waals surface area (Å²) in [4.78, 5) is 17.4. The number of amides is 1. The van der Waals surface area contributed by atoms with Crippen LogP contribution < -0.4 is 5.73 Å². The van der Waals surface area contributed by atoms with Gasteiger partial charge >= 0.3 is 0 Å². The third kappa shape index (κ3) is 3.23. The van der Waals surface area contributed by atoms with Gasteiger partial charge in [0.25, 0.3) is 5.91 Å². The maximum Gasteiger partial charge on any atom is 0.253 e. The van der Waals surface area contributed by atoms with Crippen molar-refractivity contribution in [3.8, 4) is 0 Å². The van der Waals surface area contributed by atoms with Crippen molar-refractivity contribution < 1.29 is 4.79 Å². The highest BCUT2D eigenvalue weighted by atomic mass is 16.2. The molecule has 1 heterocycles. The van der Waals surface area contributed by atoms with Crippen LogP contribution in [-0.4, -0.2) is 29.4 Å². The van der Waals surface area contributed by atoms with Crippen LogP contribution in [0.1, 0.15) is 30.1 Å². The van der Waals surface area contributed by atoms with E-state index < -0.39 is 0 Å². The predicted octanol–water partition coefficient (Wildman–Crippen LogP) is 1.54. The van der Waals surface area contributed by atoms with Gasteiger partial charge in [0.2, 0.25) is 0 Å². The Morgan fingerprint density at radius 3 is 2.93 bits per heavy atom. The lowest BCUT2D eigenvalue weighted by Gasteiger charge is -2.16. The number of unbranched alkanes of at least 4 members (excludes halogenated alkanes) is 1. The van der Waals surface area contributed by atoms with Gasteiger partial charge in [0.15, 0.2) is 0 Å². The fourth-order valence-electron chi connectivity index (χ4n) is 1.30. The van der Waals surface area contributed by atoms with E-state index in [1.165, 1.54) is 0 Å². The molecular formula is C11H17N3O. The van der Waals surface area contributed by atoms with E-state index in [0.29, 0.717) is 11.4 Å². The van der Waals surface area contributed by atoms with Crippen LogP contribution in [0.5, 0.6) is 0 Å². The van der Waals surface area contributed by atoms with Crippen LogP contribution in [0, 0.1) is 0 Å². The van der Waals surface area contributed by atoms with Crippen molar-refractivity contribution in [2.24, 2.45) is 0 Å². The van der Waals surface area contributed by atoms with Crippen molar-refractivity contribution >= 4 is 11.7 Å². The monoisotopic (exact) mass is 207 g/mol. The van der Waals surface area contributed by atoms with E-state index >= 15 is 0 Å². The zero-order valence-electron chi connectivity index (χ0n) is 9.23. The van der Waals surface area contributed by atoms with Crippen molar-refractivity contribution in [2.45, 2.75) is 19.8 Å². The minimum absolute atomic E-state index is 0.00227. The summed E-state index contributed by atoms with van der Waals surface area (Å²) < 4.78 is 0. The number of anilines is 1. The molecule has 0 unspecified atom stereocenters. The summed E-state index contributed by atoms with van der Waals surface area (Å²) in [5.41, 5.74) is 6.11. The normalized spacial score (nSPS) is 10.0. The first-order chi connectivity index (χ1) is 7.15. The van der Waals surface area contributed by atoms with Gasteiger partial charge in [0, 0.05) is 25.4 Å². The number of nitrogen functional groups attached to an aromatic ring is 1. The van der Waals surface area contributed by atoms with Gasteiger partial charge in [-0.15, -0.1) is 0 Å². The standard InChI is InChI=1S/C11H17N3O/c1-3-4-7-14(2)11(15)9-5-6-13-10(12)8-9/h5-6,8H,3-4,7H2,1-2H3,(H2,12,13). The topological polar surface area (TPSA) is 59.2 Å². The van der Waals surface area contributed by atoms with Crippen molar-refractivity contribution in [3.05, 3.63) is 23.9 Å². The van der Waals surface area contributed by atoms with Crippen LogP contribution in [0.2, 0.25) is 0 Å². The van der Waals surface area contributed by atoms with Crippen LogP contribution in [0.4, 0.5) is 5.82 Å². The molecule has 4 heteroatoms. The second kappa shape index (κ2) is 5.34. The van der Waals surface area contributed by atoms with Gasteiger partial charge in [0.1, 0.15) is 5.82 Å². The number of hydrogen-bond donors (Lipinski definition) is 1. The number of nitrogens with two attached hydrogens (primary N) is 1. The Hall–Kier alpha value is -1.58. The third-order valence-corrected chi connectivity index (χ3v) is 2.22. The van der Waals surface area contributed by atoms with E-state index in [1.54, 1.807) is 30.3 Å². The molecule has 0 aliphatic heterocycles. The molecule has 4 nitrogen and oxygen atoms in total. The Morgan fingerprint density at radius 2 is 2.33 bits per heavy atom. The fraction of sp³-hybridized carbons (Fsp3) is 0.455. The van der Waals surface area contributed by atoms with Crippen LogP contribution >= 0.6 is 0 Å². The molecule has 0 saturated carbocycles. The highest BCUT2D eigenvalue weighted by molar-refractivity contribution is 5.94. The zero-order chi connectivity index (χ0) is 11.3. The first kappa shape index (κ1) is 11.5. The Kier molecular flexibility index (Phi) is 4.09. The van der Waals surface area contributed by atoms with Crippen molar-refractivity contribution in [1.82, 2.24) is 9.88 Å². The zero-order valence-corrected chi connectivity index (χ0v) is 9.23. The molecule has 1 aromatic rings. The maximum atomic E-state index is 11.8. The van der Waals surface area contributed by atoms with Gasteiger partial charge in [-0.25, -0.2) is 4.98 Å². The van der Waals surface area contributed by atoms with Crippen LogP contribution in [0.3, 0.4) is 0 Å². The molecule has 15 heavy (non-hydrogen) atoms. The van der Waals surface area contributed by atoms with Gasteiger partial charge in [-0.2, -0.15) is 0 Å². The minimum Gasteiger partial charge on any atom is -0.384 e. The SMILES string of the molecule is CCCCN(C)C(=O)c1ccnc(N)c1. The van der Waals surface area contributed by atoms with E-state index in [-0.39, 0.29) is 5.91 Å². The lowest BCUT2D eigenvalue weighted by molar-refractivity contribution is 0.0793. The van der Waals surface area contributed by atoms with Gasteiger partial charge < -0.3 is 10.6 Å². The smallest absolute Gasteiger partial charge is 0.253 e. The molecule has 2 N–H and O–H groups in total. The average Bonchev–Trinajstić information content (AvgIpc) is 2.24. The highest BCUT2D eigenvalue weighted by Crippen LogP contribution is 2.06. The molecule has 1 amide bonds. The molecule has 0 aliphatic rings. The van der Waals surface area contributed by atoms with Crippen molar-refractivity contribution in [2.75, 3.05) is 19.3 Å².